The average Bonchev–Trinajstić information content (AvgIpc) is 2.38. The van der Waals surface area contributed by atoms with Gasteiger partial charge in [-0.15, -0.1) is 0 Å². The van der Waals surface area contributed by atoms with Crippen LogP contribution in [0.1, 0.15) is 27.7 Å². The Balaban J connectivity index is 5.28. The Morgan fingerprint density at radius 2 is 1.55 bits per heavy atom. The van der Waals surface area contributed by atoms with Gasteiger partial charge >= 0.3 is 11.9 Å². The van der Waals surface area contributed by atoms with E-state index >= 15 is 0 Å². The van der Waals surface area contributed by atoms with Crippen LogP contribution < -0.4 is 0 Å². The normalized spacial score (nSPS) is 12.9. The number of aliphatic hydroxyl groups is 3. The molecule has 8 nitrogen and oxygen atoms in total. The second-order valence-corrected chi connectivity index (χ2v) is 4.10. The highest BCUT2D eigenvalue weighted by Gasteiger charge is 2.45. The predicted octanol–water partition coefficient (Wildman–Crippen LogP) is -0.173. The van der Waals surface area contributed by atoms with Crippen LogP contribution in [0, 0.1) is 0 Å². The molecule has 0 rings (SSSR count). The number of ether oxygens (including phenoxy) is 4. The van der Waals surface area contributed by atoms with Gasteiger partial charge in [-0.25, -0.2) is 4.79 Å². The Hall–Kier alpha value is -1.03. The van der Waals surface area contributed by atoms with Gasteiger partial charge in [0.2, 0.25) is 0 Å². The second kappa shape index (κ2) is 9.01. The van der Waals surface area contributed by atoms with Crippen LogP contribution in [0.25, 0.3) is 0 Å². The van der Waals surface area contributed by atoms with Crippen LogP contribution in [0.5, 0.6) is 0 Å². The molecule has 0 aromatic rings. The van der Waals surface area contributed by atoms with E-state index in [2.05, 4.69) is 0 Å². The van der Waals surface area contributed by atoms with Gasteiger partial charge in [0.1, 0.15) is 6.79 Å². The zero-order chi connectivity index (χ0) is 15.8. The summed E-state index contributed by atoms with van der Waals surface area (Å²) in [7, 11) is 0. The molecule has 0 amide bonds. The standard InChI is InChI=1S/C12H22O8/c1-8(2)9(3)11(16)20-12(18-6-14,19-7-15)10(4)17-5-13/h10,13-15H,5-7H2,1-4H3. The van der Waals surface area contributed by atoms with Gasteiger partial charge in [0.05, 0.1) is 0 Å². The quantitative estimate of drug-likeness (QED) is 0.305. The van der Waals surface area contributed by atoms with Crippen LogP contribution in [0.15, 0.2) is 11.1 Å². The molecule has 20 heavy (non-hydrogen) atoms. The zero-order valence-electron chi connectivity index (χ0n) is 12.1. The lowest BCUT2D eigenvalue weighted by Gasteiger charge is -2.35. The van der Waals surface area contributed by atoms with Crippen molar-refractivity contribution in [2.45, 2.75) is 39.8 Å². The van der Waals surface area contributed by atoms with Crippen molar-refractivity contribution in [1.82, 2.24) is 0 Å². The topological polar surface area (TPSA) is 115 Å². The Labute approximate surface area is 117 Å². The summed E-state index contributed by atoms with van der Waals surface area (Å²) < 4.78 is 19.6. The number of rotatable bonds is 9. The molecular weight excluding hydrogens is 272 g/mol. The summed E-state index contributed by atoms with van der Waals surface area (Å²) in [6.45, 7) is 3.97. The van der Waals surface area contributed by atoms with E-state index in [1.165, 1.54) is 13.8 Å². The van der Waals surface area contributed by atoms with Gasteiger partial charge < -0.3 is 24.8 Å². The minimum Gasteiger partial charge on any atom is -0.402 e. The first-order valence-electron chi connectivity index (χ1n) is 5.94. The van der Waals surface area contributed by atoms with Gasteiger partial charge in [-0.2, -0.15) is 0 Å². The molecular formula is C12H22O8. The molecule has 0 aliphatic carbocycles. The molecule has 8 heteroatoms. The zero-order valence-corrected chi connectivity index (χ0v) is 12.1. The van der Waals surface area contributed by atoms with Crippen molar-refractivity contribution in [3.8, 4) is 0 Å². The van der Waals surface area contributed by atoms with E-state index in [1.807, 2.05) is 0 Å². The summed E-state index contributed by atoms with van der Waals surface area (Å²) in [5.74, 6) is -2.93. The van der Waals surface area contributed by atoms with Gasteiger partial charge in [-0.1, -0.05) is 5.57 Å². The van der Waals surface area contributed by atoms with Crippen molar-refractivity contribution in [3.05, 3.63) is 11.1 Å². The number of carbonyl (C=O) groups excluding carboxylic acids is 1. The fourth-order valence-electron chi connectivity index (χ4n) is 1.22. The highest BCUT2D eigenvalue weighted by molar-refractivity contribution is 5.88. The molecule has 1 atom stereocenters. The first kappa shape index (κ1) is 19.0. The first-order valence-corrected chi connectivity index (χ1v) is 5.94. The maximum Gasteiger partial charge on any atom is 0.361 e. The molecule has 0 saturated carbocycles. The van der Waals surface area contributed by atoms with Gasteiger partial charge in [-0.05, 0) is 27.7 Å². The minimum atomic E-state index is -2.17. The number of aliphatic hydroxyl groups excluding tert-OH is 3. The second-order valence-electron chi connectivity index (χ2n) is 4.10. The van der Waals surface area contributed by atoms with Crippen LogP contribution >= 0.6 is 0 Å². The monoisotopic (exact) mass is 294 g/mol. The number of hydrogen-bond donors (Lipinski definition) is 3. The van der Waals surface area contributed by atoms with Crippen molar-refractivity contribution in [3.63, 3.8) is 0 Å². The molecule has 118 valence electrons. The fourth-order valence-corrected chi connectivity index (χ4v) is 1.22. The largest absolute Gasteiger partial charge is 0.402 e. The molecule has 0 aromatic carbocycles. The molecule has 3 N–H and O–H groups in total. The van der Waals surface area contributed by atoms with Crippen molar-refractivity contribution < 1.29 is 39.1 Å². The van der Waals surface area contributed by atoms with Gasteiger partial charge in [0.15, 0.2) is 19.7 Å². The Morgan fingerprint density at radius 1 is 1.05 bits per heavy atom. The fraction of sp³-hybridized carbons (Fsp3) is 0.750. The summed E-state index contributed by atoms with van der Waals surface area (Å²) in [4.78, 5) is 11.9. The number of carbonyl (C=O) groups is 1. The Morgan fingerprint density at radius 3 is 1.90 bits per heavy atom. The van der Waals surface area contributed by atoms with E-state index in [0.29, 0.717) is 11.1 Å². The summed E-state index contributed by atoms with van der Waals surface area (Å²) >= 11 is 0. The molecule has 0 bridgehead atoms. The molecule has 0 heterocycles. The minimum absolute atomic E-state index is 0.314. The lowest BCUT2D eigenvalue weighted by Crippen LogP contribution is -2.51. The van der Waals surface area contributed by atoms with Crippen molar-refractivity contribution in [2.75, 3.05) is 20.4 Å². The number of hydrogen-bond acceptors (Lipinski definition) is 8. The highest BCUT2D eigenvalue weighted by Crippen LogP contribution is 2.24. The lowest BCUT2D eigenvalue weighted by molar-refractivity contribution is -0.424. The maximum absolute atomic E-state index is 11.9. The first-order chi connectivity index (χ1) is 9.34. The number of esters is 1. The molecule has 0 spiro atoms. The van der Waals surface area contributed by atoms with Gasteiger partial charge in [0.25, 0.3) is 0 Å². The van der Waals surface area contributed by atoms with E-state index in [0.717, 1.165) is 0 Å². The summed E-state index contributed by atoms with van der Waals surface area (Å²) in [5.41, 5.74) is 1.03. The van der Waals surface area contributed by atoms with E-state index in [4.69, 9.17) is 34.3 Å². The molecule has 0 aliphatic rings. The summed E-state index contributed by atoms with van der Waals surface area (Å²) in [5, 5.41) is 26.6. The lowest BCUT2D eigenvalue weighted by atomic mass is 10.2. The van der Waals surface area contributed by atoms with Crippen molar-refractivity contribution in [2.24, 2.45) is 0 Å². The predicted molar refractivity (Wildman–Crippen MR) is 66.8 cm³/mol. The Kier molecular flexibility index (Phi) is 8.54. The van der Waals surface area contributed by atoms with Crippen LogP contribution in [-0.4, -0.2) is 53.7 Å². The highest BCUT2D eigenvalue weighted by atomic mass is 16.9. The summed E-state index contributed by atoms with van der Waals surface area (Å²) in [6.07, 6.45) is -1.10. The average molecular weight is 294 g/mol. The Bertz CT molecular complexity index is 328. The van der Waals surface area contributed by atoms with Crippen LogP contribution in [0.2, 0.25) is 0 Å². The smallest absolute Gasteiger partial charge is 0.361 e. The van der Waals surface area contributed by atoms with E-state index in [-0.39, 0.29) is 0 Å². The molecule has 0 aromatic heterocycles. The molecule has 0 radical (unpaired) electrons. The molecule has 0 aliphatic heterocycles. The SMILES string of the molecule is CC(C)=C(C)C(=O)OC(OCO)(OCO)C(C)OCO. The third kappa shape index (κ3) is 5.16. The van der Waals surface area contributed by atoms with Gasteiger partial charge in [-0.3, -0.25) is 9.47 Å². The van der Waals surface area contributed by atoms with E-state index in [1.54, 1.807) is 13.8 Å². The van der Waals surface area contributed by atoms with E-state index < -0.39 is 38.4 Å². The van der Waals surface area contributed by atoms with Crippen LogP contribution in [-0.2, 0) is 23.7 Å². The van der Waals surface area contributed by atoms with E-state index in [9.17, 15) is 4.79 Å². The third-order valence-corrected chi connectivity index (χ3v) is 2.65. The van der Waals surface area contributed by atoms with Gasteiger partial charge in [0, 0.05) is 5.57 Å². The molecule has 0 saturated heterocycles. The maximum atomic E-state index is 11.9. The van der Waals surface area contributed by atoms with Crippen molar-refractivity contribution in [1.29, 1.82) is 0 Å². The molecule has 1 unspecified atom stereocenters. The van der Waals surface area contributed by atoms with Crippen LogP contribution in [0.4, 0.5) is 0 Å². The molecule has 0 fully saturated rings. The van der Waals surface area contributed by atoms with Crippen LogP contribution in [0.3, 0.4) is 0 Å². The number of allylic oxidation sites excluding steroid dienone is 1. The summed E-state index contributed by atoms with van der Waals surface area (Å²) in [6, 6.07) is 0. The third-order valence-electron chi connectivity index (χ3n) is 2.65. The van der Waals surface area contributed by atoms with Crippen molar-refractivity contribution >= 4 is 5.97 Å².